The number of hydrogen-bond acceptors (Lipinski definition) is 3. The summed E-state index contributed by atoms with van der Waals surface area (Å²) in [5.41, 5.74) is 2.89. The largest absolute Gasteiger partial charge is 0.481 e. The molecule has 25 heavy (non-hydrogen) atoms. The van der Waals surface area contributed by atoms with Crippen molar-refractivity contribution in [2.24, 2.45) is 5.92 Å². The Morgan fingerprint density at radius 2 is 2.12 bits per heavy atom. The number of fused-ring (bicyclic) bond motifs is 1. The Morgan fingerprint density at radius 1 is 1.32 bits per heavy atom. The molecule has 0 radical (unpaired) electrons. The first kappa shape index (κ1) is 16.5. The van der Waals surface area contributed by atoms with E-state index >= 15 is 0 Å². The standard InChI is InChI=1S/C18H17N3O4/c1-10(18(24)25)9-20-16(22)11-4-5-15-13(7-11)14(17(23)21-15)8-12-3-2-6-19-12/h2-8,10,19H,9H2,1H3,(H,20,22)(H,21,23)(H,24,25). The van der Waals surface area contributed by atoms with Gasteiger partial charge in [0.1, 0.15) is 0 Å². The second-order valence-corrected chi connectivity index (χ2v) is 5.85. The number of benzene rings is 1. The van der Waals surface area contributed by atoms with Crippen LogP contribution in [0.5, 0.6) is 0 Å². The number of amides is 2. The van der Waals surface area contributed by atoms with Crippen LogP contribution in [0.25, 0.3) is 11.6 Å². The van der Waals surface area contributed by atoms with Crippen LogP contribution in [0.1, 0.15) is 28.5 Å². The van der Waals surface area contributed by atoms with Crippen molar-refractivity contribution in [2.45, 2.75) is 6.92 Å². The molecule has 1 atom stereocenters. The number of rotatable bonds is 5. The number of carbonyl (C=O) groups excluding carboxylic acids is 2. The lowest BCUT2D eigenvalue weighted by atomic mass is 10.0. The van der Waals surface area contributed by atoms with Gasteiger partial charge in [-0.1, -0.05) is 6.92 Å². The predicted molar refractivity (Wildman–Crippen MR) is 92.9 cm³/mol. The van der Waals surface area contributed by atoms with E-state index in [1.54, 1.807) is 30.5 Å². The van der Waals surface area contributed by atoms with Gasteiger partial charge >= 0.3 is 5.97 Å². The van der Waals surface area contributed by atoms with E-state index in [-0.39, 0.29) is 18.4 Å². The molecule has 4 N–H and O–H groups in total. The Hall–Kier alpha value is -3.35. The Kier molecular flexibility index (Phi) is 4.38. The number of carbonyl (C=O) groups is 3. The third-order valence-corrected chi connectivity index (χ3v) is 3.98. The molecule has 2 heterocycles. The molecule has 2 aromatic rings. The first-order valence-corrected chi connectivity index (χ1v) is 7.77. The van der Waals surface area contributed by atoms with Gasteiger partial charge < -0.3 is 20.7 Å². The summed E-state index contributed by atoms with van der Waals surface area (Å²) in [5, 5.41) is 14.2. The summed E-state index contributed by atoms with van der Waals surface area (Å²) in [5.74, 6) is -2.26. The van der Waals surface area contributed by atoms with Gasteiger partial charge in [0.05, 0.1) is 11.5 Å². The minimum absolute atomic E-state index is 0.0353. The first-order valence-electron chi connectivity index (χ1n) is 7.77. The van der Waals surface area contributed by atoms with E-state index in [2.05, 4.69) is 15.6 Å². The SMILES string of the molecule is CC(CNC(=O)c1ccc2c(c1)C(=Cc1ccc[nH]1)C(=O)N2)C(=O)O. The number of aliphatic carboxylic acids is 1. The summed E-state index contributed by atoms with van der Waals surface area (Å²) in [6.07, 6.45) is 3.48. The number of hydrogen-bond donors (Lipinski definition) is 4. The second kappa shape index (κ2) is 6.64. The molecule has 3 rings (SSSR count). The van der Waals surface area contributed by atoms with E-state index in [1.165, 1.54) is 6.92 Å². The minimum atomic E-state index is -0.972. The van der Waals surface area contributed by atoms with Gasteiger partial charge in [0.2, 0.25) is 0 Å². The average molecular weight is 339 g/mol. The molecule has 7 nitrogen and oxygen atoms in total. The Labute approximate surface area is 143 Å². The van der Waals surface area contributed by atoms with Crippen molar-refractivity contribution < 1.29 is 19.5 Å². The maximum atomic E-state index is 12.2. The number of H-pyrrole nitrogens is 1. The van der Waals surface area contributed by atoms with Crippen molar-refractivity contribution >= 4 is 35.1 Å². The monoisotopic (exact) mass is 339 g/mol. The number of carboxylic acids is 1. The second-order valence-electron chi connectivity index (χ2n) is 5.85. The van der Waals surface area contributed by atoms with Crippen LogP contribution >= 0.6 is 0 Å². The van der Waals surface area contributed by atoms with Gasteiger partial charge in [-0.15, -0.1) is 0 Å². The van der Waals surface area contributed by atoms with Gasteiger partial charge in [0.15, 0.2) is 0 Å². The van der Waals surface area contributed by atoms with E-state index in [9.17, 15) is 14.4 Å². The van der Waals surface area contributed by atoms with E-state index < -0.39 is 11.9 Å². The van der Waals surface area contributed by atoms with Crippen molar-refractivity contribution in [1.29, 1.82) is 0 Å². The number of aromatic amines is 1. The lowest BCUT2D eigenvalue weighted by Gasteiger charge is -2.09. The number of aromatic nitrogens is 1. The molecular formula is C18H17N3O4. The zero-order valence-corrected chi connectivity index (χ0v) is 13.5. The summed E-state index contributed by atoms with van der Waals surface area (Å²) in [7, 11) is 0. The maximum absolute atomic E-state index is 12.2. The number of anilines is 1. The van der Waals surface area contributed by atoms with Gasteiger partial charge in [-0.3, -0.25) is 14.4 Å². The lowest BCUT2D eigenvalue weighted by Crippen LogP contribution is -2.31. The highest BCUT2D eigenvalue weighted by Gasteiger charge is 2.25. The highest BCUT2D eigenvalue weighted by Crippen LogP contribution is 2.33. The predicted octanol–water partition coefficient (Wildman–Crippen LogP) is 1.96. The van der Waals surface area contributed by atoms with Crippen LogP contribution < -0.4 is 10.6 Å². The van der Waals surface area contributed by atoms with Crippen LogP contribution in [0.3, 0.4) is 0 Å². The van der Waals surface area contributed by atoms with Crippen molar-refractivity contribution in [1.82, 2.24) is 10.3 Å². The lowest BCUT2D eigenvalue weighted by molar-refractivity contribution is -0.140. The molecule has 0 bridgehead atoms. The van der Waals surface area contributed by atoms with Crippen LogP contribution in [0, 0.1) is 5.92 Å². The highest BCUT2D eigenvalue weighted by molar-refractivity contribution is 6.35. The molecule has 0 aliphatic carbocycles. The van der Waals surface area contributed by atoms with Crippen LogP contribution in [0.4, 0.5) is 5.69 Å². The average Bonchev–Trinajstić information content (AvgIpc) is 3.20. The molecule has 1 aliphatic heterocycles. The van der Waals surface area contributed by atoms with Gasteiger partial charge in [0.25, 0.3) is 11.8 Å². The number of nitrogens with one attached hydrogen (secondary N) is 3. The van der Waals surface area contributed by atoms with Crippen LogP contribution in [-0.2, 0) is 9.59 Å². The summed E-state index contributed by atoms with van der Waals surface area (Å²) in [4.78, 5) is 38.2. The van der Waals surface area contributed by atoms with Gasteiger partial charge in [-0.05, 0) is 36.4 Å². The van der Waals surface area contributed by atoms with Crippen molar-refractivity contribution in [3.8, 4) is 0 Å². The molecule has 128 valence electrons. The molecule has 0 spiro atoms. The van der Waals surface area contributed by atoms with Crippen LogP contribution in [-0.4, -0.2) is 34.4 Å². The molecular weight excluding hydrogens is 322 g/mol. The van der Waals surface area contributed by atoms with Gasteiger partial charge in [-0.2, -0.15) is 0 Å². The smallest absolute Gasteiger partial charge is 0.308 e. The van der Waals surface area contributed by atoms with E-state index in [0.717, 1.165) is 5.69 Å². The minimum Gasteiger partial charge on any atom is -0.481 e. The van der Waals surface area contributed by atoms with E-state index in [4.69, 9.17) is 5.11 Å². The number of carboxylic acid groups (broad SMARTS) is 1. The fraction of sp³-hybridized carbons (Fsp3) is 0.167. The Morgan fingerprint density at radius 3 is 2.80 bits per heavy atom. The first-order chi connectivity index (χ1) is 12.0. The molecule has 1 aromatic carbocycles. The zero-order chi connectivity index (χ0) is 18.0. The van der Waals surface area contributed by atoms with Crippen molar-refractivity contribution in [3.63, 3.8) is 0 Å². The molecule has 0 fully saturated rings. The molecule has 1 aromatic heterocycles. The Bertz CT molecular complexity index is 868. The third-order valence-electron chi connectivity index (χ3n) is 3.98. The van der Waals surface area contributed by atoms with Gasteiger partial charge in [-0.25, -0.2) is 0 Å². The molecule has 1 unspecified atom stereocenters. The highest BCUT2D eigenvalue weighted by atomic mass is 16.4. The summed E-state index contributed by atoms with van der Waals surface area (Å²) in [6.45, 7) is 1.55. The fourth-order valence-corrected chi connectivity index (χ4v) is 2.50. The molecule has 0 saturated carbocycles. The summed E-state index contributed by atoms with van der Waals surface area (Å²) in [6, 6.07) is 8.55. The quantitative estimate of drug-likeness (QED) is 0.624. The molecule has 1 aliphatic rings. The molecule has 7 heteroatoms. The zero-order valence-electron chi connectivity index (χ0n) is 13.5. The summed E-state index contributed by atoms with van der Waals surface area (Å²) < 4.78 is 0. The molecule has 0 saturated heterocycles. The van der Waals surface area contributed by atoms with E-state index in [0.29, 0.717) is 22.4 Å². The summed E-state index contributed by atoms with van der Waals surface area (Å²) >= 11 is 0. The fourth-order valence-electron chi connectivity index (χ4n) is 2.50. The maximum Gasteiger partial charge on any atom is 0.308 e. The van der Waals surface area contributed by atoms with E-state index in [1.807, 2.05) is 12.1 Å². The molecule has 2 amide bonds. The Balaban J connectivity index is 1.84. The van der Waals surface area contributed by atoms with Crippen LogP contribution in [0.15, 0.2) is 36.5 Å². The topological polar surface area (TPSA) is 111 Å². The normalized spacial score (nSPS) is 15.6. The van der Waals surface area contributed by atoms with Crippen molar-refractivity contribution in [2.75, 3.05) is 11.9 Å². The van der Waals surface area contributed by atoms with Crippen LogP contribution in [0.2, 0.25) is 0 Å². The van der Waals surface area contributed by atoms with Gasteiger partial charge in [0, 0.05) is 35.2 Å². The third kappa shape index (κ3) is 3.45. The van der Waals surface area contributed by atoms with Crippen molar-refractivity contribution in [3.05, 3.63) is 53.3 Å².